The molecule has 0 spiro atoms. The molecule has 0 aliphatic rings. The van der Waals surface area contributed by atoms with Crippen LogP contribution in [0.2, 0.25) is 0 Å². The van der Waals surface area contributed by atoms with Gasteiger partial charge in [-0.1, -0.05) is 6.92 Å². The lowest BCUT2D eigenvalue weighted by molar-refractivity contribution is 0.114. The quantitative estimate of drug-likeness (QED) is 0.316. The summed E-state index contributed by atoms with van der Waals surface area (Å²) in [5.74, 6) is 0.862. The Morgan fingerprint density at radius 3 is 1.67 bits per heavy atom. The minimum atomic E-state index is -3.91. The number of hydrogen-bond acceptors (Lipinski definition) is 10. The first-order valence-electron chi connectivity index (χ1n) is 11.5. The van der Waals surface area contributed by atoms with Crippen LogP contribution >= 0.6 is 0 Å². The van der Waals surface area contributed by atoms with Gasteiger partial charge in [-0.2, -0.15) is 0 Å². The summed E-state index contributed by atoms with van der Waals surface area (Å²) >= 11 is 0. The minimum absolute atomic E-state index is 0.0428. The lowest BCUT2D eigenvalue weighted by Crippen LogP contribution is -2.14. The molecule has 2 aromatic rings. The number of benzene rings is 2. The average molecular weight is 529 g/mol. The van der Waals surface area contributed by atoms with Crippen LogP contribution in [0, 0.1) is 0 Å². The summed E-state index contributed by atoms with van der Waals surface area (Å²) in [5.41, 5.74) is 0.785. The summed E-state index contributed by atoms with van der Waals surface area (Å²) in [7, 11) is 1.89. The monoisotopic (exact) mass is 528 g/mol. The highest BCUT2D eigenvalue weighted by molar-refractivity contribution is 7.91. The van der Waals surface area contributed by atoms with Crippen molar-refractivity contribution in [2.75, 3.05) is 47.4 Å². The number of ether oxygens (including phenoxy) is 5. The fourth-order valence-electron chi connectivity index (χ4n) is 3.69. The Morgan fingerprint density at radius 2 is 1.25 bits per heavy atom. The van der Waals surface area contributed by atoms with Crippen LogP contribution in [0.4, 0.5) is 0 Å². The van der Waals surface area contributed by atoms with E-state index in [-0.39, 0.29) is 41.4 Å². The Hall–Kier alpha value is -2.73. The lowest BCUT2D eigenvalue weighted by Gasteiger charge is -2.20. The highest BCUT2D eigenvalue weighted by atomic mass is 32.2. The summed E-state index contributed by atoms with van der Waals surface area (Å²) in [6.07, 6.45) is -1.19. The Bertz CT molecular complexity index is 1080. The molecule has 11 heteroatoms. The van der Waals surface area contributed by atoms with Crippen molar-refractivity contribution < 1.29 is 47.4 Å². The van der Waals surface area contributed by atoms with Crippen molar-refractivity contribution in [1.29, 1.82) is 0 Å². The second-order valence-electron chi connectivity index (χ2n) is 8.01. The zero-order chi connectivity index (χ0) is 26.9. The average Bonchev–Trinajstić information content (AvgIpc) is 2.88. The maximum Gasteiger partial charge on any atom is 0.203 e. The number of methoxy groups -OCH3 is 4. The van der Waals surface area contributed by atoms with Crippen LogP contribution in [0.15, 0.2) is 29.2 Å². The van der Waals surface area contributed by atoms with Crippen LogP contribution in [0.5, 0.6) is 28.7 Å². The van der Waals surface area contributed by atoms with Gasteiger partial charge in [-0.05, 0) is 54.7 Å². The molecule has 2 unspecified atom stereocenters. The Labute approximate surface area is 212 Å². The molecule has 2 atom stereocenters. The number of hydrogen-bond donors (Lipinski definition) is 3. The largest absolute Gasteiger partial charge is 0.493 e. The van der Waals surface area contributed by atoms with Gasteiger partial charge in [0.15, 0.2) is 32.8 Å². The van der Waals surface area contributed by atoms with Crippen LogP contribution < -0.4 is 23.7 Å². The molecule has 0 heterocycles. The molecule has 202 valence electrons. The Morgan fingerprint density at radius 1 is 0.778 bits per heavy atom. The zero-order valence-corrected chi connectivity index (χ0v) is 22.1. The molecule has 0 bridgehead atoms. The molecule has 0 radical (unpaired) electrons. The molecule has 2 rings (SSSR count). The normalized spacial score (nSPS) is 13.1. The van der Waals surface area contributed by atoms with E-state index in [0.29, 0.717) is 29.2 Å². The summed E-state index contributed by atoms with van der Waals surface area (Å²) in [6, 6.07) is 6.09. The topological polar surface area (TPSA) is 141 Å². The van der Waals surface area contributed by atoms with Crippen molar-refractivity contribution in [1.82, 2.24) is 0 Å². The van der Waals surface area contributed by atoms with Crippen molar-refractivity contribution in [2.24, 2.45) is 0 Å². The van der Waals surface area contributed by atoms with Crippen LogP contribution in [0.3, 0.4) is 0 Å². The first-order valence-corrected chi connectivity index (χ1v) is 13.2. The van der Waals surface area contributed by atoms with Gasteiger partial charge in [-0.3, -0.25) is 0 Å². The molecule has 3 N–H and O–H groups in total. The van der Waals surface area contributed by atoms with E-state index < -0.39 is 34.4 Å². The molecule has 0 saturated carbocycles. The first kappa shape index (κ1) is 29.5. The molecule has 0 aliphatic heterocycles. The van der Waals surface area contributed by atoms with E-state index in [4.69, 9.17) is 23.7 Å². The number of aliphatic hydroxyl groups is 3. The van der Waals surface area contributed by atoms with E-state index in [2.05, 4.69) is 0 Å². The fraction of sp³-hybridized carbons (Fsp3) is 0.520. The third-order valence-corrected chi connectivity index (χ3v) is 7.27. The van der Waals surface area contributed by atoms with Gasteiger partial charge in [0.05, 0.1) is 59.6 Å². The third-order valence-electron chi connectivity index (χ3n) is 5.58. The minimum Gasteiger partial charge on any atom is -0.493 e. The van der Waals surface area contributed by atoms with Crippen molar-refractivity contribution in [3.05, 3.63) is 35.4 Å². The van der Waals surface area contributed by atoms with Gasteiger partial charge < -0.3 is 39.0 Å². The van der Waals surface area contributed by atoms with Crippen molar-refractivity contribution in [3.8, 4) is 28.7 Å². The molecule has 0 fully saturated rings. The first-order chi connectivity index (χ1) is 17.2. The van der Waals surface area contributed by atoms with Crippen molar-refractivity contribution in [2.45, 2.75) is 43.3 Å². The standard InChI is InChI=1S/C25H36O10S/c1-6-10-35-25-22(33-4)14-17(15-23(25)36(29,30)11-9-26)19(28)8-7-18(27)16-12-20(31-2)24(34-5)21(13-16)32-3/h12-15,18-19,26-28H,6-11H2,1-5H3. The number of rotatable bonds is 15. The maximum absolute atomic E-state index is 12.8. The molecule has 0 aliphatic carbocycles. The van der Waals surface area contributed by atoms with Gasteiger partial charge in [0.25, 0.3) is 0 Å². The van der Waals surface area contributed by atoms with Gasteiger partial charge in [0.2, 0.25) is 5.75 Å². The van der Waals surface area contributed by atoms with Crippen molar-refractivity contribution in [3.63, 3.8) is 0 Å². The highest BCUT2D eigenvalue weighted by Gasteiger charge is 2.26. The molecule has 2 aromatic carbocycles. The summed E-state index contributed by atoms with van der Waals surface area (Å²) in [6.45, 7) is 1.58. The van der Waals surface area contributed by atoms with Gasteiger partial charge in [-0.15, -0.1) is 0 Å². The SMILES string of the molecule is CCCOc1c(OC)cc(C(O)CCC(O)c2cc(OC)c(OC)c(OC)c2)cc1S(=O)(=O)CCO. The maximum atomic E-state index is 12.8. The van der Waals surface area contributed by atoms with E-state index in [0.717, 1.165) is 0 Å². The molecular weight excluding hydrogens is 492 g/mol. The second-order valence-corrected chi connectivity index (χ2v) is 10.1. The van der Waals surface area contributed by atoms with Gasteiger partial charge in [-0.25, -0.2) is 8.42 Å². The highest BCUT2D eigenvalue weighted by Crippen LogP contribution is 2.42. The van der Waals surface area contributed by atoms with E-state index in [1.165, 1.54) is 40.6 Å². The van der Waals surface area contributed by atoms with Gasteiger partial charge in [0, 0.05) is 0 Å². The molecule has 10 nitrogen and oxygen atoms in total. The van der Waals surface area contributed by atoms with Gasteiger partial charge >= 0.3 is 0 Å². The number of sulfone groups is 1. The Balaban J connectivity index is 2.34. The fourth-order valence-corrected chi connectivity index (χ4v) is 4.91. The van der Waals surface area contributed by atoms with Crippen LogP contribution in [-0.4, -0.2) is 71.1 Å². The lowest BCUT2D eigenvalue weighted by atomic mass is 9.98. The van der Waals surface area contributed by atoms with E-state index in [9.17, 15) is 23.7 Å². The van der Waals surface area contributed by atoms with E-state index in [1.807, 2.05) is 6.92 Å². The van der Waals surface area contributed by atoms with Crippen molar-refractivity contribution >= 4 is 9.84 Å². The summed E-state index contributed by atoms with van der Waals surface area (Å²) in [4.78, 5) is -0.163. The summed E-state index contributed by atoms with van der Waals surface area (Å²) in [5, 5.41) is 30.9. The van der Waals surface area contributed by atoms with Gasteiger partial charge in [0.1, 0.15) is 4.90 Å². The van der Waals surface area contributed by atoms with Crippen LogP contribution in [0.1, 0.15) is 49.5 Å². The molecule has 36 heavy (non-hydrogen) atoms. The molecule has 0 amide bonds. The predicted octanol–water partition coefficient (Wildman–Crippen LogP) is 2.82. The predicted molar refractivity (Wildman–Crippen MR) is 133 cm³/mol. The Kier molecular flexibility index (Phi) is 11.1. The van der Waals surface area contributed by atoms with E-state index >= 15 is 0 Å². The van der Waals surface area contributed by atoms with E-state index in [1.54, 1.807) is 12.1 Å². The smallest absolute Gasteiger partial charge is 0.203 e. The molecule has 0 aromatic heterocycles. The van der Waals surface area contributed by atoms with Crippen LogP contribution in [0.25, 0.3) is 0 Å². The number of aliphatic hydroxyl groups excluding tert-OH is 3. The summed E-state index contributed by atoms with van der Waals surface area (Å²) < 4.78 is 52.6. The third kappa shape index (κ3) is 6.94. The van der Waals surface area contributed by atoms with Crippen LogP contribution in [-0.2, 0) is 9.84 Å². The molecular formula is C25H36O10S. The second kappa shape index (κ2) is 13.5. The zero-order valence-electron chi connectivity index (χ0n) is 21.3. The molecule has 0 saturated heterocycles.